The summed E-state index contributed by atoms with van der Waals surface area (Å²) in [5, 5.41) is 20.6. The smallest absolute Gasteiger partial charge is 0.387 e. The first-order valence-electron chi connectivity index (χ1n) is 13.9. The van der Waals surface area contributed by atoms with Gasteiger partial charge in [0.1, 0.15) is 17.3 Å². The molecule has 6 rings (SSSR count). The van der Waals surface area contributed by atoms with Crippen molar-refractivity contribution in [1.29, 1.82) is 0 Å². The molecule has 4 heterocycles. The zero-order valence-electron chi connectivity index (χ0n) is 23.2. The van der Waals surface area contributed by atoms with Crippen LogP contribution in [0.25, 0.3) is 22.6 Å². The summed E-state index contributed by atoms with van der Waals surface area (Å²) >= 11 is 0. The maximum atomic E-state index is 13.2. The normalized spacial score (nSPS) is 20.6. The Bertz CT molecular complexity index is 1720. The number of ether oxygens (including phenoxy) is 1. The number of halogens is 2. The molecule has 3 N–H and O–H groups in total. The number of nitrogens with zero attached hydrogens (tertiary/aromatic N) is 6. The summed E-state index contributed by atoms with van der Waals surface area (Å²) in [6.45, 7) is -1.21. The third-order valence-corrected chi connectivity index (χ3v) is 9.54. The highest BCUT2D eigenvalue weighted by Gasteiger charge is 2.37. The highest BCUT2D eigenvalue weighted by Crippen LogP contribution is 2.37. The molecule has 2 saturated carbocycles. The van der Waals surface area contributed by atoms with Crippen molar-refractivity contribution in [1.82, 2.24) is 29.1 Å². The number of nitrogens with one attached hydrogen (secondary N) is 2. The lowest BCUT2D eigenvalue weighted by molar-refractivity contribution is -0.0496. The lowest BCUT2D eigenvalue weighted by Crippen LogP contribution is -2.35. The average molecular weight is 613 g/mol. The van der Waals surface area contributed by atoms with Crippen LogP contribution >= 0.6 is 0 Å². The predicted octanol–water partition coefficient (Wildman–Crippen LogP) is 4.59. The highest BCUT2D eigenvalue weighted by molar-refractivity contribution is 7.90. The first-order chi connectivity index (χ1) is 20.6. The summed E-state index contributed by atoms with van der Waals surface area (Å²) in [6.07, 6.45) is 11.2. The molecule has 2 fully saturated rings. The Morgan fingerprint density at radius 2 is 1.86 bits per heavy atom. The molecule has 2 aliphatic rings. The number of anilines is 3. The van der Waals surface area contributed by atoms with E-state index in [0.29, 0.717) is 67.0 Å². The van der Waals surface area contributed by atoms with Crippen LogP contribution in [0.1, 0.15) is 45.4 Å². The van der Waals surface area contributed by atoms with Crippen LogP contribution in [0.5, 0.6) is 5.75 Å². The zero-order chi connectivity index (χ0) is 30.2. The average Bonchev–Trinajstić information content (AvgIpc) is 3.72. The van der Waals surface area contributed by atoms with E-state index < -0.39 is 27.5 Å². The molecule has 0 spiro atoms. The van der Waals surface area contributed by atoms with Gasteiger partial charge in [0.25, 0.3) is 10.0 Å². The van der Waals surface area contributed by atoms with Crippen molar-refractivity contribution >= 4 is 27.3 Å². The molecule has 4 aromatic rings. The van der Waals surface area contributed by atoms with E-state index in [4.69, 9.17) is 4.74 Å². The lowest BCUT2D eigenvalue weighted by Gasteiger charge is -2.34. The summed E-state index contributed by atoms with van der Waals surface area (Å²) in [7, 11) is -3.52. The van der Waals surface area contributed by atoms with Gasteiger partial charge in [0.15, 0.2) is 11.6 Å². The van der Waals surface area contributed by atoms with Crippen LogP contribution in [0, 0.1) is 0 Å². The van der Waals surface area contributed by atoms with E-state index in [1.54, 1.807) is 12.1 Å². The van der Waals surface area contributed by atoms with Gasteiger partial charge in [-0.15, -0.1) is 0 Å². The van der Waals surface area contributed by atoms with Gasteiger partial charge in [0.2, 0.25) is 0 Å². The van der Waals surface area contributed by atoms with Crippen LogP contribution in [-0.2, 0) is 10.0 Å². The maximum Gasteiger partial charge on any atom is 0.387 e. The van der Waals surface area contributed by atoms with Crippen molar-refractivity contribution < 1.29 is 27.0 Å². The SMILES string of the molecule is CC1(O)CCC(Nc2cc(Nc3ccnc(-c4cnn(S(=O)(=O)C5CC5)c4)n3)ncc2-c2ncccc2OC(F)F)CC1. The van der Waals surface area contributed by atoms with Gasteiger partial charge in [-0.05, 0) is 63.6 Å². The Morgan fingerprint density at radius 1 is 1.07 bits per heavy atom. The van der Waals surface area contributed by atoms with Crippen LogP contribution < -0.4 is 15.4 Å². The molecule has 4 aromatic heterocycles. The number of pyridine rings is 2. The van der Waals surface area contributed by atoms with Gasteiger partial charge >= 0.3 is 6.61 Å². The molecular weight excluding hydrogens is 582 g/mol. The van der Waals surface area contributed by atoms with Gasteiger partial charge in [-0.25, -0.2) is 23.4 Å². The molecule has 0 amide bonds. The van der Waals surface area contributed by atoms with E-state index in [1.807, 2.05) is 6.92 Å². The van der Waals surface area contributed by atoms with E-state index in [2.05, 4.69) is 35.7 Å². The molecule has 0 bridgehead atoms. The van der Waals surface area contributed by atoms with E-state index >= 15 is 0 Å². The van der Waals surface area contributed by atoms with Crippen LogP contribution in [-0.4, -0.2) is 66.2 Å². The summed E-state index contributed by atoms with van der Waals surface area (Å²) < 4.78 is 57.1. The van der Waals surface area contributed by atoms with Crippen molar-refractivity contribution in [2.24, 2.45) is 0 Å². The quantitative estimate of drug-likeness (QED) is 0.230. The number of aliphatic hydroxyl groups is 1. The van der Waals surface area contributed by atoms with Crippen LogP contribution in [0.3, 0.4) is 0 Å². The lowest BCUT2D eigenvalue weighted by atomic mass is 9.83. The fourth-order valence-electron chi connectivity index (χ4n) is 5.00. The number of hydrogen-bond acceptors (Lipinski definition) is 11. The third-order valence-electron chi connectivity index (χ3n) is 7.50. The molecule has 12 nitrogen and oxygen atoms in total. The summed E-state index contributed by atoms with van der Waals surface area (Å²) in [5.74, 6) is 0.980. The fourth-order valence-corrected chi connectivity index (χ4v) is 6.47. The summed E-state index contributed by atoms with van der Waals surface area (Å²) in [4.78, 5) is 17.6. The minimum atomic E-state index is -3.52. The van der Waals surface area contributed by atoms with Crippen molar-refractivity contribution in [2.45, 2.75) is 69.0 Å². The largest absolute Gasteiger partial charge is 0.432 e. The first-order valence-corrected chi connectivity index (χ1v) is 15.4. The number of hydrogen-bond donors (Lipinski definition) is 3. The second-order valence-electron chi connectivity index (χ2n) is 11.0. The van der Waals surface area contributed by atoms with E-state index in [0.717, 1.165) is 4.09 Å². The molecular formula is C28H30F2N8O4S. The van der Waals surface area contributed by atoms with Crippen molar-refractivity contribution in [2.75, 3.05) is 10.6 Å². The Balaban J connectivity index is 1.29. The predicted molar refractivity (Wildman–Crippen MR) is 154 cm³/mol. The number of rotatable bonds is 10. The van der Waals surface area contributed by atoms with Gasteiger partial charge in [-0.3, -0.25) is 4.98 Å². The molecule has 2 aliphatic carbocycles. The Hall–Kier alpha value is -4.24. The van der Waals surface area contributed by atoms with Gasteiger partial charge in [-0.2, -0.15) is 18.0 Å². The number of alkyl halides is 2. The summed E-state index contributed by atoms with van der Waals surface area (Å²) in [6, 6.07) is 6.31. The minimum absolute atomic E-state index is 0.0199. The van der Waals surface area contributed by atoms with Gasteiger partial charge in [0.05, 0.1) is 28.8 Å². The van der Waals surface area contributed by atoms with Gasteiger partial charge < -0.3 is 20.5 Å². The third kappa shape index (κ3) is 6.57. The topological polar surface area (TPSA) is 157 Å². The Labute approximate surface area is 246 Å². The van der Waals surface area contributed by atoms with Crippen molar-refractivity contribution in [3.63, 3.8) is 0 Å². The second-order valence-corrected chi connectivity index (χ2v) is 13.1. The second kappa shape index (κ2) is 11.4. The molecule has 0 radical (unpaired) electrons. The summed E-state index contributed by atoms with van der Waals surface area (Å²) in [5.41, 5.74) is 0.965. The number of aromatic nitrogens is 6. The molecule has 0 aromatic carbocycles. The van der Waals surface area contributed by atoms with E-state index in [9.17, 15) is 22.3 Å². The molecule has 15 heteroatoms. The first kappa shape index (κ1) is 28.9. The molecule has 0 unspecified atom stereocenters. The molecule has 226 valence electrons. The van der Waals surface area contributed by atoms with Crippen LogP contribution in [0.2, 0.25) is 0 Å². The zero-order valence-corrected chi connectivity index (χ0v) is 24.0. The monoisotopic (exact) mass is 612 g/mol. The Morgan fingerprint density at radius 3 is 2.60 bits per heavy atom. The molecule has 0 atom stereocenters. The van der Waals surface area contributed by atoms with E-state index in [1.165, 1.54) is 43.1 Å². The molecule has 0 aliphatic heterocycles. The van der Waals surface area contributed by atoms with Crippen LogP contribution in [0.15, 0.2) is 55.2 Å². The van der Waals surface area contributed by atoms with Gasteiger partial charge in [0, 0.05) is 41.9 Å². The van der Waals surface area contributed by atoms with Crippen molar-refractivity contribution in [3.8, 4) is 28.4 Å². The highest BCUT2D eigenvalue weighted by atomic mass is 32.2. The maximum absolute atomic E-state index is 13.2. The standard InChI is InChI=1S/C28H30F2N8O4S/c1-28(39)9-6-18(7-10-28)35-21-13-24(33-15-20(21)25-22(42-27(29)30)3-2-11-31-25)36-23-8-12-32-26(37-23)17-14-34-38(16-17)43(40,41)19-4-5-19/h2-3,8,11-16,18-19,27,39H,4-7,9-10H2,1H3,(H2,32,33,35,36,37). The van der Waals surface area contributed by atoms with Crippen LogP contribution in [0.4, 0.5) is 26.1 Å². The molecule has 0 saturated heterocycles. The Kier molecular flexibility index (Phi) is 7.68. The van der Waals surface area contributed by atoms with Crippen molar-refractivity contribution in [3.05, 3.63) is 55.2 Å². The minimum Gasteiger partial charge on any atom is -0.432 e. The van der Waals surface area contributed by atoms with E-state index in [-0.39, 0.29) is 23.3 Å². The van der Waals surface area contributed by atoms with Gasteiger partial charge in [-0.1, -0.05) is 0 Å². The fraction of sp³-hybridized carbons (Fsp3) is 0.393. The molecule has 43 heavy (non-hydrogen) atoms.